The summed E-state index contributed by atoms with van der Waals surface area (Å²) in [6.45, 7) is 5.64. The highest BCUT2D eigenvalue weighted by atomic mass is 16.4. The lowest BCUT2D eigenvalue weighted by Crippen LogP contribution is -2.45. The highest BCUT2D eigenvalue weighted by Gasteiger charge is 2.18. The molecule has 4 nitrogen and oxygen atoms in total. The van der Waals surface area contributed by atoms with Gasteiger partial charge < -0.3 is 15.2 Å². The van der Waals surface area contributed by atoms with Gasteiger partial charge in [-0.1, -0.05) is 0 Å². The number of carboxylic acid groups (broad SMARTS) is 1. The van der Waals surface area contributed by atoms with Gasteiger partial charge in [0, 0.05) is 5.54 Å². The van der Waals surface area contributed by atoms with Gasteiger partial charge in [-0.05, 0) is 20.8 Å². The Balaban J connectivity index is 4.00. The van der Waals surface area contributed by atoms with E-state index in [1.807, 2.05) is 20.8 Å². The van der Waals surface area contributed by atoms with Crippen LogP contribution in [0.15, 0.2) is 0 Å². The summed E-state index contributed by atoms with van der Waals surface area (Å²) in [6.07, 6.45) is 0.458. The SMILES string of the molecule is CC(C)(C)N[C@@H](C=O)CC(=O)O. The van der Waals surface area contributed by atoms with Gasteiger partial charge in [0.25, 0.3) is 0 Å². The Morgan fingerprint density at radius 2 is 2.08 bits per heavy atom. The molecule has 0 aliphatic carbocycles. The smallest absolute Gasteiger partial charge is 0.305 e. The first kappa shape index (κ1) is 11.1. The Bertz CT molecular complexity index is 172. The third-order valence-electron chi connectivity index (χ3n) is 1.18. The number of carbonyl (C=O) groups excluding carboxylic acids is 1. The minimum Gasteiger partial charge on any atom is -0.481 e. The summed E-state index contributed by atoms with van der Waals surface area (Å²) < 4.78 is 0. The van der Waals surface area contributed by atoms with Crippen molar-refractivity contribution < 1.29 is 14.7 Å². The van der Waals surface area contributed by atoms with E-state index in [4.69, 9.17) is 5.11 Å². The van der Waals surface area contributed by atoms with Crippen molar-refractivity contribution in [3.05, 3.63) is 0 Å². The summed E-state index contributed by atoms with van der Waals surface area (Å²) in [4.78, 5) is 20.6. The average molecular weight is 173 g/mol. The fourth-order valence-corrected chi connectivity index (χ4v) is 0.877. The number of carboxylic acids is 1. The number of carbonyl (C=O) groups is 2. The second-order valence-corrected chi connectivity index (χ2v) is 3.73. The number of hydrogen-bond acceptors (Lipinski definition) is 3. The van der Waals surface area contributed by atoms with E-state index in [1.54, 1.807) is 0 Å². The van der Waals surface area contributed by atoms with E-state index in [-0.39, 0.29) is 12.0 Å². The van der Waals surface area contributed by atoms with Gasteiger partial charge in [0.05, 0.1) is 12.5 Å². The van der Waals surface area contributed by atoms with E-state index in [2.05, 4.69) is 5.32 Å². The van der Waals surface area contributed by atoms with E-state index in [0.29, 0.717) is 6.29 Å². The maximum absolute atomic E-state index is 10.4. The number of nitrogens with one attached hydrogen (secondary N) is 1. The van der Waals surface area contributed by atoms with Crippen LogP contribution in [0.3, 0.4) is 0 Å². The van der Waals surface area contributed by atoms with Crippen LogP contribution in [0.5, 0.6) is 0 Å². The maximum Gasteiger partial charge on any atom is 0.305 e. The van der Waals surface area contributed by atoms with Crippen molar-refractivity contribution in [3.8, 4) is 0 Å². The Hall–Kier alpha value is -0.900. The average Bonchev–Trinajstić information content (AvgIpc) is 1.82. The molecule has 4 heteroatoms. The van der Waals surface area contributed by atoms with Crippen LogP contribution in [0.4, 0.5) is 0 Å². The molecule has 0 heterocycles. The molecule has 0 amide bonds. The fourth-order valence-electron chi connectivity index (χ4n) is 0.877. The van der Waals surface area contributed by atoms with E-state index >= 15 is 0 Å². The van der Waals surface area contributed by atoms with E-state index in [9.17, 15) is 9.59 Å². The Morgan fingerprint density at radius 1 is 1.58 bits per heavy atom. The van der Waals surface area contributed by atoms with Crippen LogP contribution in [0, 0.1) is 0 Å². The molecule has 1 atom stereocenters. The lowest BCUT2D eigenvalue weighted by molar-refractivity contribution is -0.138. The normalized spacial score (nSPS) is 13.9. The molecule has 0 aliphatic heterocycles. The quantitative estimate of drug-likeness (QED) is 0.604. The Kier molecular flexibility index (Phi) is 3.89. The molecule has 0 saturated carbocycles. The molecule has 2 N–H and O–H groups in total. The summed E-state index contributed by atoms with van der Waals surface area (Å²) in [5, 5.41) is 11.3. The van der Waals surface area contributed by atoms with Crippen LogP contribution in [0.2, 0.25) is 0 Å². The molecular formula is C8H15NO3. The van der Waals surface area contributed by atoms with Crippen LogP contribution in [-0.2, 0) is 9.59 Å². The summed E-state index contributed by atoms with van der Waals surface area (Å²) in [5.74, 6) is -0.969. The third-order valence-corrected chi connectivity index (χ3v) is 1.18. The minimum atomic E-state index is -0.969. The van der Waals surface area contributed by atoms with Gasteiger partial charge in [-0.15, -0.1) is 0 Å². The molecule has 0 unspecified atom stereocenters. The number of hydrogen-bond donors (Lipinski definition) is 2. The lowest BCUT2D eigenvalue weighted by Gasteiger charge is -2.24. The molecule has 12 heavy (non-hydrogen) atoms. The van der Waals surface area contributed by atoms with Crippen LogP contribution < -0.4 is 5.32 Å². The zero-order chi connectivity index (χ0) is 9.78. The van der Waals surface area contributed by atoms with Gasteiger partial charge in [0.1, 0.15) is 6.29 Å². The number of aldehydes is 1. The van der Waals surface area contributed by atoms with Crippen LogP contribution in [0.1, 0.15) is 27.2 Å². The Labute approximate surface area is 72.0 Å². The maximum atomic E-state index is 10.4. The molecule has 0 aromatic carbocycles. The van der Waals surface area contributed by atoms with E-state index in [1.165, 1.54) is 0 Å². The van der Waals surface area contributed by atoms with Crippen molar-refractivity contribution in [2.45, 2.75) is 38.8 Å². The molecule has 70 valence electrons. The summed E-state index contributed by atoms with van der Waals surface area (Å²) in [6, 6.07) is -0.595. The monoisotopic (exact) mass is 173 g/mol. The van der Waals surface area contributed by atoms with Crippen LogP contribution in [0.25, 0.3) is 0 Å². The highest BCUT2D eigenvalue weighted by molar-refractivity contribution is 5.73. The first-order valence-corrected chi connectivity index (χ1v) is 3.80. The first-order valence-electron chi connectivity index (χ1n) is 3.80. The van der Waals surface area contributed by atoms with Crippen LogP contribution in [-0.4, -0.2) is 28.9 Å². The molecule has 0 bridgehead atoms. The molecule has 0 aliphatic rings. The molecule has 0 aromatic rings. The molecule has 0 rings (SSSR count). The number of aliphatic carboxylic acids is 1. The predicted octanol–water partition coefficient (Wildman–Crippen LogP) is 0.417. The molecule has 0 radical (unpaired) electrons. The van der Waals surface area contributed by atoms with Gasteiger partial charge >= 0.3 is 5.97 Å². The van der Waals surface area contributed by atoms with Crippen molar-refractivity contribution >= 4 is 12.3 Å². The fraction of sp³-hybridized carbons (Fsp3) is 0.750. The van der Waals surface area contributed by atoms with Gasteiger partial charge in [-0.25, -0.2) is 0 Å². The minimum absolute atomic E-state index is 0.166. The van der Waals surface area contributed by atoms with Crippen LogP contribution >= 0.6 is 0 Å². The van der Waals surface area contributed by atoms with Gasteiger partial charge in [-0.3, -0.25) is 4.79 Å². The Morgan fingerprint density at radius 3 is 2.33 bits per heavy atom. The van der Waals surface area contributed by atoms with Crippen molar-refractivity contribution in [1.29, 1.82) is 0 Å². The topological polar surface area (TPSA) is 66.4 Å². The zero-order valence-corrected chi connectivity index (χ0v) is 7.63. The van der Waals surface area contributed by atoms with E-state index in [0.717, 1.165) is 0 Å². The predicted molar refractivity (Wildman–Crippen MR) is 45.0 cm³/mol. The second-order valence-electron chi connectivity index (χ2n) is 3.73. The largest absolute Gasteiger partial charge is 0.481 e. The summed E-state index contributed by atoms with van der Waals surface area (Å²) in [7, 11) is 0. The second kappa shape index (κ2) is 4.21. The number of rotatable bonds is 4. The zero-order valence-electron chi connectivity index (χ0n) is 7.63. The molecule has 0 fully saturated rings. The summed E-state index contributed by atoms with van der Waals surface area (Å²) >= 11 is 0. The van der Waals surface area contributed by atoms with Crippen molar-refractivity contribution in [2.24, 2.45) is 0 Å². The molecular weight excluding hydrogens is 158 g/mol. The molecule has 0 spiro atoms. The molecule has 0 saturated heterocycles. The first-order chi connectivity index (χ1) is 5.35. The lowest BCUT2D eigenvalue weighted by atomic mass is 10.1. The van der Waals surface area contributed by atoms with Gasteiger partial charge in [-0.2, -0.15) is 0 Å². The van der Waals surface area contributed by atoms with Gasteiger partial charge in [0.2, 0.25) is 0 Å². The standard InChI is InChI=1S/C8H15NO3/c1-8(2,3)9-6(5-10)4-7(11)12/h5-6,9H,4H2,1-3H3,(H,11,12)/t6-/m1/s1. The van der Waals surface area contributed by atoms with Crippen molar-refractivity contribution in [2.75, 3.05) is 0 Å². The van der Waals surface area contributed by atoms with Crippen molar-refractivity contribution in [3.63, 3.8) is 0 Å². The summed E-state index contributed by atoms with van der Waals surface area (Å²) in [5.41, 5.74) is -0.235. The molecule has 0 aromatic heterocycles. The highest BCUT2D eigenvalue weighted by Crippen LogP contribution is 2.02. The third kappa shape index (κ3) is 5.85. The van der Waals surface area contributed by atoms with Crippen molar-refractivity contribution in [1.82, 2.24) is 5.32 Å². The van der Waals surface area contributed by atoms with E-state index < -0.39 is 12.0 Å². The van der Waals surface area contributed by atoms with Gasteiger partial charge in [0.15, 0.2) is 0 Å².